The SMILES string of the molecule is C[C@@H](NC(=O)[C@H](OC1CCC1)c1cc2cc(F)ccc2[nH]c1=O)c1ncc(F)cc1F. The molecule has 1 amide bonds. The highest BCUT2D eigenvalue weighted by Crippen LogP contribution is 2.29. The van der Waals surface area contributed by atoms with Gasteiger partial charge in [0.25, 0.3) is 11.5 Å². The van der Waals surface area contributed by atoms with Crippen molar-refractivity contribution in [3.8, 4) is 0 Å². The molecule has 1 aliphatic rings. The van der Waals surface area contributed by atoms with Gasteiger partial charge in [-0.3, -0.25) is 14.6 Å². The van der Waals surface area contributed by atoms with Crippen LogP contribution in [0.2, 0.25) is 0 Å². The average molecular weight is 431 g/mol. The van der Waals surface area contributed by atoms with Crippen LogP contribution in [0.15, 0.2) is 41.3 Å². The number of hydrogen-bond acceptors (Lipinski definition) is 4. The summed E-state index contributed by atoms with van der Waals surface area (Å²) in [7, 11) is 0. The smallest absolute Gasteiger partial charge is 0.254 e. The number of fused-ring (bicyclic) bond motifs is 1. The van der Waals surface area contributed by atoms with Crippen molar-refractivity contribution in [1.29, 1.82) is 0 Å². The van der Waals surface area contributed by atoms with Gasteiger partial charge in [0.1, 0.15) is 17.5 Å². The number of aromatic amines is 1. The lowest BCUT2D eigenvalue weighted by Crippen LogP contribution is -2.38. The van der Waals surface area contributed by atoms with Crippen molar-refractivity contribution in [2.24, 2.45) is 0 Å². The van der Waals surface area contributed by atoms with E-state index in [1.807, 2.05) is 0 Å². The lowest BCUT2D eigenvalue weighted by atomic mass is 9.95. The van der Waals surface area contributed by atoms with Crippen molar-refractivity contribution in [2.75, 3.05) is 0 Å². The molecule has 0 bridgehead atoms. The van der Waals surface area contributed by atoms with Crippen LogP contribution in [0.25, 0.3) is 10.9 Å². The number of ether oxygens (including phenoxy) is 1. The topological polar surface area (TPSA) is 84.1 Å². The van der Waals surface area contributed by atoms with Crippen LogP contribution in [0.1, 0.15) is 49.6 Å². The minimum absolute atomic E-state index is 0.0160. The van der Waals surface area contributed by atoms with Crippen LogP contribution in [0.5, 0.6) is 0 Å². The number of nitrogens with one attached hydrogen (secondary N) is 2. The standard InChI is InChI=1S/C22H20F3N3O3/c1-11(19-17(25)9-14(24)10-26-19)27-22(30)20(31-15-3-2-4-15)16-8-12-7-13(23)5-6-18(12)28-21(16)29/h5-11,15,20H,2-4H2,1H3,(H,27,30)(H,28,29)/t11-,20-/m1/s1. The molecule has 2 atom stereocenters. The minimum atomic E-state index is -1.28. The molecule has 0 unspecified atom stereocenters. The molecule has 1 saturated carbocycles. The van der Waals surface area contributed by atoms with Crippen LogP contribution >= 0.6 is 0 Å². The molecule has 0 radical (unpaired) electrons. The molecule has 0 saturated heterocycles. The third-order valence-electron chi connectivity index (χ3n) is 5.34. The number of carbonyl (C=O) groups is 1. The second kappa shape index (κ2) is 8.50. The highest BCUT2D eigenvalue weighted by molar-refractivity contribution is 5.85. The van der Waals surface area contributed by atoms with Crippen LogP contribution in [-0.4, -0.2) is 22.0 Å². The molecule has 1 aliphatic carbocycles. The summed E-state index contributed by atoms with van der Waals surface area (Å²) >= 11 is 0. The largest absolute Gasteiger partial charge is 0.360 e. The Hall–Kier alpha value is -3.20. The van der Waals surface area contributed by atoms with Gasteiger partial charge in [0.2, 0.25) is 0 Å². The van der Waals surface area contributed by atoms with Gasteiger partial charge in [-0.05, 0) is 50.5 Å². The number of rotatable bonds is 6. The second-order valence-electron chi connectivity index (χ2n) is 7.61. The number of aromatic nitrogens is 2. The number of nitrogens with zero attached hydrogens (tertiary/aromatic N) is 1. The summed E-state index contributed by atoms with van der Waals surface area (Å²) in [5.41, 5.74) is -0.255. The molecule has 0 aliphatic heterocycles. The highest BCUT2D eigenvalue weighted by Gasteiger charge is 2.32. The maximum atomic E-state index is 14.1. The Morgan fingerprint density at radius 3 is 2.65 bits per heavy atom. The number of amides is 1. The molecule has 6 nitrogen and oxygen atoms in total. The van der Waals surface area contributed by atoms with Gasteiger partial charge in [0.05, 0.1) is 29.6 Å². The first kappa shape index (κ1) is 21.0. The molecular weight excluding hydrogens is 411 g/mol. The average Bonchev–Trinajstić information content (AvgIpc) is 2.67. The zero-order valence-electron chi connectivity index (χ0n) is 16.6. The van der Waals surface area contributed by atoms with E-state index in [0.717, 1.165) is 25.5 Å². The van der Waals surface area contributed by atoms with Gasteiger partial charge in [-0.25, -0.2) is 13.2 Å². The van der Waals surface area contributed by atoms with E-state index in [4.69, 9.17) is 4.74 Å². The maximum Gasteiger partial charge on any atom is 0.254 e. The van der Waals surface area contributed by atoms with Gasteiger partial charge in [0, 0.05) is 17.0 Å². The van der Waals surface area contributed by atoms with Gasteiger partial charge in [0.15, 0.2) is 6.10 Å². The van der Waals surface area contributed by atoms with Crippen LogP contribution in [0.4, 0.5) is 13.2 Å². The molecule has 2 aromatic heterocycles. The van der Waals surface area contributed by atoms with Crippen molar-refractivity contribution in [2.45, 2.75) is 44.4 Å². The fraction of sp³-hybridized carbons (Fsp3) is 0.318. The van der Waals surface area contributed by atoms with Crippen molar-refractivity contribution in [1.82, 2.24) is 15.3 Å². The van der Waals surface area contributed by atoms with Crippen LogP contribution in [0, 0.1) is 17.5 Å². The summed E-state index contributed by atoms with van der Waals surface area (Å²) < 4.78 is 46.7. The van der Waals surface area contributed by atoms with E-state index in [2.05, 4.69) is 15.3 Å². The predicted octanol–water partition coefficient (Wildman–Crippen LogP) is 3.83. The zero-order valence-corrected chi connectivity index (χ0v) is 16.6. The Morgan fingerprint density at radius 2 is 1.97 bits per heavy atom. The minimum Gasteiger partial charge on any atom is -0.360 e. The normalized spacial score (nSPS) is 16.0. The monoisotopic (exact) mass is 431 g/mol. The van der Waals surface area contributed by atoms with E-state index in [1.165, 1.54) is 31.2 Å². The summed E-state index contributed by atoms with van der Waals surface area (Å²) in [5.74, 6) is -2.90. The van der Waals surface area contributed by atoms with E-state index < -0.39 is 41.1 Å². The van der Waals surface area contributed by atoms with Crippen molar-refractivity contribution in [3.05, 3.63) is 75.6 Å². The number of pyridine rings is 2. The van der Waals surface area contributed by atoms with Crippen LogP contribution in [-0.2, 0) is 9.53 Å². The van der Waals surface area contributed by atoms with E-state index in [1.54, 1.807) is 0 Å². The number of carbonyl (C=O) groups excluding carboxylic acids is 1. The molecule has 1 fully saturated rings. The first-order chi connectivity index (χ1) is 14.8. The van der Waals surface area contributed by atoms with Gasteiger partial charge in [-0.15, -0.1) is 0 Å². The molecule has 2 N–H and O–H groups in total. The summed E-state index contributed by atoms with van der Waals surface area (Å²) in [6.07, 6.45) is 1.80. The number of H-pyrrole nitrogens is 1. The highest BCUT2D eigenvalue weighted by atomic mass is 19.1. The molecule has 1 aromatic carbocycles. The Labute approximate surface area is 175 Å². The Morgan fingerprint density at radius 1 is 1.19 bits per heavy atom. The van der Waals surface area contributed by atoms with Crippen molar-refractivity contribution >= 4 is 16.8 Å². The lowest BCUT2D eigenvalue weighted by molar-refractivity contribution is -0.142. The van der Waals surface area contributed by atoms with Gasteiger partial charge >= 0.3 is 0 Å². The van der Waals surface area contributed by atoms with Crippen molar-refractivity contribution in [3.63, 3.8) is 0 Å². The Bertz CT molecular complexity index is 1190. The van der Waals surface area contributed by atoms with Gasteiger partial charge in [-0.2, -0.15) is 0 Å². The third-order valence-corrected chi connectivity index (χ3v) is 5.34. The summed E-state index contributed by atoms with van der Waals surface area (Å²) in [5, 5.41) is 2.99. The van der Waals surface area contributed by atoms with E-state index in [9.17, 15) is 22.8 Å². The molecule has 4 rings (SSSR count). The summed E-state index contributed by atoms with van der Waals surface area (Å²) in [6, 6.07) is 5.09. The second-order valence-corrected chi connectivity index (χ2v) is 7.61. The van der Waals surface area contributed by atoms with Gasteiger partial charge in [-0.1, -0.05) is 0 Å². The van der Waals surface area contributed by atoms with E-state index >= 15 is 0 Å². The van der Waals surface area contributed by atoms with E-state index in [-0.39, 0.29) is 17.4 Å². The molecular formula is C22H20F3N3O3. The van der Waals surface area contributed by atoms with Crippen molar-refractivity contribution < 1.29 is 22.7 Å². The third kappa shape index (κ3) is 4.46. The number of halogens is 3. The molecule has 2 heterocycles. The Balaban J connectivity index is 1.66. The summed E-state index contributed by atoms with van der Waals surface area (Å²) in [6.45, 7) is 1.49. The zero-order chi connectivity index (χ0) is 22.1. The number of benzene rings is 1. The molecule has 9 heteroatoms. The molecule has 31 heavy (non-hydrogen) atoms. The molecule has 0 spiro atoms. The first-order valence-corrected chi connectivity index (χ1v) is 9.91. The first-order valence-electron chi connectivity index (χ1n) is 9.91. The maximum absolute atomic E-state index is 14.1. The fourth-order valence-corrected chi connectivity index (χ4v) is 3.47. The fourth-order valence-electron chi connectivity index (χ4n) is 3.47. The quantitative estimate of drug-likeness (QED) is 0.621. The van der Waals surface area contributed by atoms with Crippen LogP contribution < -0.4 is 10.9 Å². The van der Waals surface area contributed by atoms with E-state index in [0.29, 0.717) is 17.0 Å². The van der Waals surface area contributed by atoms with Gasteiger partial charge < -0.3 is 15.0 Å². The number of hydrogen-bond donors (Lipinski definition) is 2. The molecule has 162 valence electrons. The van der Waals surface area contributed by atoms with Crippen LogP contribution in [0.3, 0.4) is 0 Å². The predicted molar refractivity (Wildman–Crippen MR) is 107 cm³/mol. The lowest BCUT2D eigenvalue weighted by Gasteiger charge is -2.30. The Kier molecular flexibility index (Phi) is 5.77. The molecule has 3 aromatic rings. The summed E-state index contributed by atoms with van der Waals surface area (Å²) in [4.78, 5) is 32.1.